The Labute approximate surface area is 177 Å². The van der Waals surface area contributed by atoms with E-state index < -0.39 is 12.1 Å². The highest BCUT2D eigenvalue weighted by Crippen LogP contribution is 2.40. The number of carbonyl (C=O) groups excluding carboxylic acids is 1. The second-order valence-corrected chi connectivity index (χ2v) is 7.74. The normalized spacial score (nSPS) is 18.3. The van der Waals surface area contributed by atoms with Crippen LogP contribution in [0.2, 0.25) is 0 Å². The van der Waals surface area contributed by atoms with Gasteiger partial charge in [-0.05, 0) is 36.8 Å². The largest absolute Gasteiger partial charge is 0.504 e. The highest BCUT2D eigenvalue weighted by molar-refractivity contribution is 7.10. The SMILES string of the molecule is COc1ccc(C2NC(=O)N=C(C)C2c2nc(-c3ccc(C#N)cc3)cs2)cc1O. The van der Waals surface area contributed by atoms with E-state index in [1.807, 2.05) is 30.5 Å². The fourth-order valence-corrected chi connectivity index (χ4v) is 4.52. The molecule has 0 saturated carbocycles. The van der Waals surface area contributed by atoms with Gasteiger partial charge < -0.3 is 15.2 Å². The number of thiazole rings is 1. The minimum absolute atomic E-state index is 0.000532. The molecule has 2 heterocycles. The number of carbonyl (C=O) groups is 1. The smallest absolute Gasteiger partial charge is 0.341 e. The standard InChI is InChI=1S/C22H18N4O3S/c1-12-19(21-25-16(11-30-21)14-5-3-13(10-23)4-6-14)20(26-22(28)24-12)15-7-8-18(29-2)17(27)9-15/h3-9,11,19-20,27H,1-2H3,(H,26,28). The van der Waals surface area contributed by atoms with Crippen LogP contribution < -0.4 is 10.1 Å². The topological polar surface area (TPSA) is 108 Å². The fraction of sp³-hybridized carbons (Fsp3) is 0.182. The van der Waals surface area contributed by atoms with Crippen LogP contribution >= 0.6 is 11.3 Å². The van der Waals surface area contributed by atoms with Gasteiger partial charge in [0.2, 0.25) is 0 Å². The van der Waals surface area contributed by atoms with Gasteiger partial charge in [0, 0.05) is 16.7 Å². The molecule has 150 valence electrons. The van der Waals surface area contributed by atoms with Crippen LogP contribution in [0.5, 0.6) is 11.5 Å². The summed E-state index contributed by atoms with van der Waals surface area (Å²) in [5, 5.41) is 24.8. The first-order valence-corrected chi connectivity index (χ1v) is 10.1. The number of ether oxygens (including phenoxy) is 1. The predicted molar refractivity (Wildman–Crippen MR) is 114 cm³/mol. The number of hydrogen-bond acceptors (Lipinski definition) is 6. The Hall–Kier alpha value is -3.70. The summed E-state index contributed by atoms with van der Waals surface area (Å²) in [6.07, 6.45) is 0. The maximum atomic E-state index is 12.1. The summed E-state index contributed by atoms with van der Waals surface area (Å²) < 4.78 is 5.12. The molecule has 1 aliphatic rings. The lowest BCUT2D eigenvalue weighted by Gasteiger charge is -2.30. The highest BCUT2D eigenvalue weighted by Gasteiger charge is 2.35. The second-order valence-electron chi connectivity index (χ2n) is 6.85. The van der Waals surface area contributed by atoms with Crippen LogP contribution in [0.15, 0.2) is 52.8 Å². The Kier molecular flexibility index (Phi) is 5.21. The number of hydrogen-bond donors (Lipinski definition) is 2. The minimum atomic E-state index is -0.424. The molecule has 30 heavy (non-hydrogen) atoms. The highest BCUT2D eigenvalue weighted by atomic mass is 32.1. The number of aromatic hydroxyl groups is 1. The summed E-state index contributed by atoms with van der Waals surface area (Å²) in [7, 11) is 1.48. The molecule has 2 unspecified atom stereocenters. The number of methoxy groups -OCH3 is 1. The van der Waals surface area contributed by atoms with Gasteiger partial charge in [0.15, 0.2) is 11.5 Å². The number of rotatable bonds is 4. The molecule has 0 aliphatic carbocycles. The molecule has 0 saturated heterocycles. The zero-order valence-electron chi connectivity index (χ0n) is 16.3. The first kappa shape index (κ1) is 19.6. The summed E-state index contributed by atoms with van der Waals surface area (Å²) in [6.45, 7) is 1.81. The van der Waals surface area contributed by atoms with Crippen LogP contribution in [0.3, 0.4) is 0 Å². The van der Waals surface area contributed by atoms with Gasteiger partial charge in [0.05, 0.1) is 36.4 Å². The van der Waals surface area contributed by atoms with Crippen molar-refractivity contribution in [1.82, 2.24) is 10.3 Å². The van der Waals surface area contributed by atoms with Crippen molar-refractivity contribution in [1.29, 1.82) is 5.26 Å². The Morgan fingerprint density at radius 3 is 2.67 bits per heavy atom. The summed E-state index contributed by atoms with van der Waals surface area (Å²) in [6, 6.07) is 13.6. The van der Waals surface area contributed by atoms with E-state index in [9.17, 15) is 9.90 Å². The molecule has 0 fully saturated rings. The number of aromatic nitrogens is 1. The summed E-state index contributed by atoms with van der Waals surface area (Å²) in [5.41, 5.74) is 3.67. The van der Waals surface area contributed by atoms with Gasteiger partial charge in [0.1, 0.15) is 5.01 Å². The lowest BCUT2D eigenvalue weighted by Crippen LogP contribution is -2.38. The van der Waals surface area contributed by atoms with Crippen LogP contribution in [-0.2, 0) is 0 Å². The average Bonchev–Trinajstić information content (AvgIpc) is 3.22. The Bertz CT molecular complexity index is 1180. The van der Waals surface area contributed by atoms with Crippen LogP contribution in [0, 0.1) is 11.3 Å². The first-order valence-electron chi connectivity index (χ1n) is 9.18. The molecule has 2 amide bonds. The number of aliphatic imine (C=N–C) groups is 1. The van der Waals surface area contributed by atoms with E-state index in [-0.39, 0.29) is 11.7 Å². The molecular formula is C22H18N4O3S. The van der Waals surface area contributed by atoms with Crippen molar-refractivity contribution in [2.24, 2.45) is 4.99 Å². The van der Waals surface area contributed by atoms with E-state index in [4.69, 9.17) is 15.0 Å². The lowest BCUT2D eigenvalue weighted by molar-refractivity contribution is 0.243. The summed E-state index contributed by atoms with van der Waals surface area (Å²) in [4.78, 5) is 21.0. The van der Waals surface area contributed by atoms with Gasteiger partial charge >= 0.3 is 6.03 Å². The number of benzene rings is 2. The number of urea groups is 1. The van der Waals surface area contributed by atoms with E-state index in [0.717, 1.165) is 21.8 Å². The van der Waals surface area contributed by atoms with E-state index in [1.165, 1.54) is 18.4 Å². The molecular weight excluding hydrogens is 400 g/mol. The van der Waals surface area contributed by atoms with Crippen molar-refractivity contribution in [3.05, 3.63) is 64.0 Å². The molecule has 1 aliphatic heterocycles. The number of nitrogens with zero attached hydrogens (tertiary/aromatic N) is 3. The van der Waals surface area contributed by atoms with Crippen molar-refractivity contribution < 1.29 is 14.6 Å². The zero-order chi connectivity index (χ0) is 21.3. The van der Waals surface area contributed by atoms with Crippen LogP contribution in [-0.4, -0.2) is 28.9 Å². The molecule has 0 bridgehead atoms. The fourth-order valence-electron chi connectivity index (χ4n) is 3.50. The molecule has 1 aromatic heterocycles. The zero-order valence-corrected chi connectivity index (χ0v) is 17.1. The second kappa shape index (κ2) is 7.97. The van der Waals surface area contributed by atoms with E-state index >= 15 is 0 Å². The van der Waals surface area contributed by atoms with Crippen molar-refractivity contribution >= 4 is 23.1 Å². The molecule has 0 spiro atoms. The van der Waals surface area contributed by atoms with E-state index in [0.29, 0.717) is 17.0 Å². The average molecular weight is 418 g/mol. The van der Waals surface area contributed by atoms with Crippen molar-refractivity contribution in [2.45, 2.75) is 18.9 Å². The summed E-state index contributed by atoms with van der Waals surface area (Å²) >= 11 is 1.48. The van der Waals surface area contributed by atoms with Gasteiger partial charge in [-0.25, -0.2) is 14.8 Å². The Balaban J connectivity index is 1.72. The molecule has 3 aromatic rings. The van der Waals surface area contributed by atoms with Crippen LogP contribution in [0.25, 0.3) is 11.3 Å². The van der Waals surface area contributed by atoms with E-state index in [2.05, 4.69) is 16.4 Å². The quantitative estimate of drug-likeness (QED) is 0.653. The third-order valence-corrected chi connectivity index (χ3v) is 5.93. The lowest BCUT2D eigenvalue weighted by atomic mass is 9.88. The molecule has 8 heteroatoms. The molecule has 7 nitrogen and oxygen atoms in total. The Morgan fingerprint density at radius 2 is 2.00 bits per heavy atom. The third-order valence-electron chi connectivity index (χ3n) is 5.00. The predicted octanol–water partition coefficient (Wildman–Crippen LogP) is 4.40. The van der Waals surface area contributed by atoms with Crippen molar-refractivity contribution in [3.63, 3.8) is 0 Å². The molecule has 2 atom stereocenters. The Morgan fingerprint density at radius 1 is 1.23 bits per heavy atom. The third kappa shape index (κ3) is 3.63. The van der Waals surface area contributed by atoms with Crippen molar-refractivity contribution in [3.8, 4) is 28.8 Å². The molecule has 4 rings (SSSR count). The number of nitrogens with one attached hydrogen (secondary N) is 1. The number of phenols is 1. The number of amides is 2. The van der Waals surface area contributed by atoms with Gasteiger partial charge in [0.25, 0.3) is 0 Å². The number of phenolic OH excluding ortho intramolecular Hbond substituents is 1. The first-order chi connectivity index (χ1) is 14.5. The van der Waals surface area contributed by atoms with Gasteiger partial charge in [-0.1, -0.05) is 18.2 Å². The van der Waals surface area contributed by atoms with Gasteiger partial charge in [-0.15, -0.1) is 11.3 Å². The van der Waals surface area contributed by atoms with Gasteiger partial charge in [-0.2, -0.15) is 5.26 Å². The molecule has 2 N–H and O–H groups in total. The maximum Gasteiger partial charge on any atom is 0.341 e. The van der Waals surface area contributed by atoms with Crippen LogP contribution in [0.1, 0.15) is 35.0 Å². The van der Waals surface area contributed by atoms with E-state index in [1.54, 1.807) is 24.3 Å². The summed E-state index contributed by atoms with van der Waals surface area (Å²) in [5.74, 6) is 0.0911. The molecule has 0 radical (unpaired) electrons. The minimum Gasteiger partial charge on any atom is -0.504 e. The van der Waals surface area contributed by atoms with Crippen LogP contribution in [0.4, 0.5) is 4.79 Å². The van der Waals surface area contributed by atoms with Gasteiger partial charge in [-0.3, -0.25) is 0 Å². The van der Waals surface area contributed by atoms with Crippen molar-refractivity contribution in [2.75, 3.05) is 7.11 Å². The maximum absolute atomic E-state index is 12.1. The monoisotopic (exact) mass is 418 g/mol. The molecule has 2 aromatic carbocycles. The number of nitriles is 1.